The van der Waals surface area contributed by atoms with E-state index in [0.717, 1.165) is 0 Å². The first-order chi connectivity index (χ1) is 5.27. The molecule has 1 aromatic rings. The number of amides is 1. The van der Waals surface area contributed by atoms with Gasteiger partial charge in [-0.25, -0.2) is 0 Å². The molecular weight excluding hydrogens is 164 g/mol. The van der Waals surface area contributed by atoms with Crippen molar-refractivity contribution in [2.45, 2.75) is 0 Å². The molecule has 5 nitrogen and oxygen atoms in total. The topological polar surface area (TPSA) is 81.8 Å². The van der Waals surface area contributed by atoms with E-state index in [-0.39, 0.29) is 11.7 Å². The Balaban J connectivity index is 0.000000187. The van der Waals surface area contributed by atoms with E-state index in [0.29, 0.717) is 0 Å². The molecule has 0 aliphatic heterocycles. The van der Waals surface area contributed by atoms with Crippen LogP contribution in [0.5, 0.6) is 0 Å². The van der Waals surface area contributed by atoms with Gasteiger partial charge in [0.25, 0.3) is 0 Å². The summed E-state index contributed by atoms with van der Waals surface area (Å²) in [6, 6.07) is 1.72. The summed E-state index contributed by atoms with van der Waals surface area (Å²) in [5.74, 6) is -0.242. The van der Waals surface area contributed by atoms with Crippen molar-refractivity contribution < 1.29 is 4.79 Å². The van der Waals surface area contributed by atoms with Gasteiger partial charge in [-0.3, -0.25) is 4.79 Å². The number of thiol groups is 1. The second-order valence-corrected chi connectivity index (χ2v) is 1.75. The van der Waals surface area contributed by atoms with E-state index in [9.17, 15) is 4.79 Å². The molecule has 2 N–H and O–H groups in total. The molecule has 0 atom stereocenters. The van der Waals surface area contributed by atoms with Gasteiger partial charge >= 0.3 is 0 Å². The summed E-state index contributed by atoms with van der Waals surface area (Å²) in [7, 11) is 0. The number of carbonyl (C=O) groups excluding carboxylic acids is 1. The summed E-state index contributed by atoms with van der Waals surface area (Å²) < 4.78 is 0. The molecule has 60 valence electrons. The van der Waals surface area contributed by atoms with Gasteiger partial charge in [0.15, 0.2) is 0 Å². The second kappa shape index (κ2) is 6.94. The predicted octanol–water partition coefficient (Wildman–Crippen LogP) is -0.727. The van der Waals surface area contributed by atoms with Crippen LogP contribution in [-0.2, 0) is 4.79 Å². The Morgan fingerprint density at radius 3 is 2.00 bits per heavy atom. The average Bonchev–Trinajstić information content (AvgIpc) is 2.09. The standard InChI is InChI=1S/C3H3N3.C2H5NOS/c1-2-4-6-5-3-1;3-2(4)1-5/h1-3H;5H,1H2,(H2,3,4). The molecule has 0 radical (unpaired) electrons. The van der Waals surface area contributed by atoms with Gasteiger partial charge in [-0.2, -0.15) is 12.6 Å². The number of aromatic nitrogens is 3. The van der Waals surface area contributed by atoms with Crippen molar-refractivity contribution in [3.05, 3.63) is 18.5 Å². The van der Waals surface area contributed by atoms with Crippen LogP contribution < -0.4 is 5.73 Å². The highest BCUT2D eigenvalue weighted by Gasteiger charge is 1.78. The van der Waals surface area contributed by atoms with Crippen LogP contribution in [0.15, 0.2) is 18.5 Å². The zero-order chi connectivity index (χ0) is 8.53. The quantitative estimate of drug-likeness (QED) is 0.547. The van der Waals surface area contributed by atoms with Crippen molar-refractivity contribution in [2.75, 3.05) is 5.75 Å². The fraction of sp³-hybridized carbons (Fsp3) is 0.200. The van der Waals surface area contributed by atoms with Gasteiger partial charge < -0.3 is 5.73 Å². The molecule has 0 saturated carbocycles. The summed E-state index contributed by atoms with van der Waals surface area (Å²) in [4.78, 5) is 9.51. The molecule has 0 fully saturated rings. The summed E-state index contributed by atoms with van der Waals surface area (Å²) in [5, 5.41) is 10.1. The summed E-state index contributed by atoms with van der Waals surface area (Å²) in [6.07, 6.45) is 3.15. The third-order valence-electron chi connectivity index (χ3n) is 0.565. The summed E-state index contributed by atoms with van der Waals surface area (Å²) in [5.41, 5.74) is 4.58. The first-order valence-corrected chi connectivity index (χ1v) is 3.38. The Kier molecular flexibility index (Phi) is 6.20. The van der Waals surface area contributed by atoms with E-state index in [1.165, 1.54) is 0 Å². The van der Waals surface area contributed by atoms with Crippen LogP contribution in [0.1, 0.15) is 0 Å². The Morgan fingerprint density at radius 2 is 1.91 bits per heavy atom. The van der Waals surface area contributed by atoms with Crippen LogP contribution in [0.25, 0.3) is 0 Å². The molecule has 11 heavy (non-hydrogen) atoms. The Labute approximate surface area is 69.4 Å². The Bertz CT molecular complexity index is 166. The lowest BCUT2D eigenvalue weighted by Gasteiger charge is -1.72. The van der Waals surface area contributed by atoms with Crippen LogP contribution in [0, 0.1) is 0 Å². The SMILES string of the molecule is NC(=O)CS.c1cnnnc1. The highest BCUT2D eigenvalue weighted by Crippen LogP contribution is 1.63. The van der Waals surface area contributed by atoms with Crippen molar-refractivity contribution in [3.8, 4) is 0 Å². The molecular formula is C5H8N4OS. The lowest BCUT2D eigenvalue weighted by molar-refractivity contribution is -0.115. The van der Waals surface area contributed by atoms with Crippen molar-refractivity contribution in [3.63, 3.8) is 0 Å². The zero-order valence-electron chi connectivity index (χ0n) is 5.71. The Hall–Kier alpha value is -1.17. The molecule has 6 heteroatoms. The van der Waals surface area contributed by atoms with E-state index in [1.807, 2.05) is 0 Å². The highest BCUT2D eigenvalue weighted by atomic mass is 32.1. The average molecular weight is 172 g/mol. The molecule has 0 unspecified atom stereocenters. The third-order valence-corrected chi connectivity index (χ3v) is 0.876. The van der Waals surface area contributed by atoms with Gasteiger partial charge in [-0.15, -0.1) is 10.2 Å². The van der Waals surface area contributed by atoms with Crippen molar-refractivity contribution in [2.24, 2.45) is 5.73 Å². The number of nitrogens with zero attached hydrogens (tertiary/aromatic N) is 3. The molecule has 0 aliphatic rings. The molecule has 0 spiro atoms. The van der Waals surface area contributed by atoms with Gasteiger partial charge in [0.1, 0.15) is 0 Å². The molecule has 0 aliphatic carbocycles. The first-order valence-electron chi connectivity index (χ1n) is 2.75. The monoisotopic (exact) mass is 172 g/mol. The fourth-order valence-electron chi connectivity index (χ4n) is 0.205. The zero-order valence-corrected chi connectivity index (χ0v) is 6.61. The maximum atomic E-state index is 9.51. The lowest BCUT2D eigenvalue weighted by atomic mass is 10.7. The lowest BCUT2D eigenvalue weighted by Crippen LogP contribution is -2.10. The van der Waals surface area contributed by atoms with Crippen LogP contribution in [0.3, 0.4) is 0 Å². The van der Waals surface area contributed by atoms with Gasteiger partial charge in [-0.05, 0) is 11.3 Å². The van der Waals surface area contributed by atoms with Crippen molar-refractivity contribution in [1.29, 1.82) is 0 Å². The fourth-order valence-corrected chi connectivity index (χ4v) is 0.205. The number of carbonyl (C=O) groups is 1. The second-order valence-electron chi connectivity index (χ2n) is 1.44. The van der Waals surface area contributed by atoms with Crippen LogP contribution in [0.4, 0.5) is 0 Å². The van der Waals surface area contributed by atoms with Crippen molar-refractivity contribution in [1.82, 2.24) is 15.4 Å². The van der Waals surface area contributed by atoms with Crippen LogP contribution >= 0.6 is 12.6 Å². The first kappa shape index (κ1) is 9.83. The number of hydrogen-bond donors (Lipinski definition) is 2. The molecule has 0 bridgehead atoms. The number of nitrogens with two attached hydrogens (primary N) is 1. The van der Waals surface area contributed by atoms with E-state index in [2.05, 4.69) is 33.8 Å². The number of hydrogen-bond acceptors (Lipinski definition) is 5. The molecule has 1 amide bonds. The molecule has 0 saturated heterocycles. The third kappa shape index (κ3) is 8.83. The smallest absolute Gasteiger partial charge is 0.227 e. The van der Waals surface area contributed by atoms with E-state index in [4.69, 9.17) is 0 Å². The maximum Gasteiger partial charge on any atom is 0.227 e. The summed E-state index contributed by atoms with van der Waals surface area (Å²) >= 11 is 3.54. The van der Waals surface area contributed by atoms with Crippen LogP contribution in [-0.4, -0.2) is 27.1 Å². The minimum absolute atomic E-state index is 0.139. The van der Waals surface area contributed by atoms with Crippen molar-refractivity contribution >= 4 is 18.5 Å². The summed E-state index contributed by atoms with van der Waals surface area (Å²) in [6.45, 7) is 0. The molecule has 1 rings (SSSR count). The molecule has 1 heterocycles. The highest BCUT2D eigenvalue weighted by molar-refractivity contribution is 7.81. The van der Waals surface area contributed by atoms with E-state index >= 15 is 0 Å². The minimum atomic E-state index is -0.381. The molecule has 1 aromatic heterocycles. The minimum Gasteiger partial charge on any atom is -0.369 e. The largest absolute Gasteiger partial charge is 0.369 e. The number of primary amides is 1. The van der Waals surface area contributed by atoms with Gasteiger partial charge in [0.2, 0.25) is 5.91 Å². The Morgan fingerprint density at radius 1 is 1.45 bits per heavy atom. The van der Waals surface area contributed by atoms with Gasteiger partial charge in [0, 0.05) is 0 Å². The number of rotatable bonds is 1. The van der Waals surface area contributed by atoms with E-state index in [1.54, 1.807) is 18.5 Å². The van der Waals surface area contributed by atoms with E-state index < -0.39 is 0 Å². The van der Waals surface area contributed by atoms with Gasteiger partial charge in [-0.1, -0.05) is 0 Å². The van der Waals surface area contributed by atoms with Gasteiger partial charge in [0.05, 0.1) is 18.1 Å². The normalized spacial score (nSPS) is 7.73. The predicted molar refractivity (Wildman–Crippen MR) is 42.9 cm³/mol. The maximum absolute atomic E-state index is 9.51. The van der Waals surface area contributed by atoms with Crippen LogP contribution in [0.2, 0.25) is 0 Å². The molecule has 0 aromatic carbocycles.